The molecule has 0 spiro atoms. The van der Waals surface area contributed by atoms with Crippen LogP contribution in [0.4, 0.5) is 10.1 Å². The predicted octanol–water partition coefficient (Wildman–Crippen LogP) is 3.10. The second-order valence-electron chi connectivity index (χ2n) is 8.84. The zero-order valence-electron chi connectivity index (χ0n) is 18.4. The Balaban J connectivity index is 1.94. The lowest BCUT2D eigenvalue weighted by Crippen LogP contribution is -2.42. The number of amides is 1. The first-order chi connectivity index (χ1) is 14.8. The predicted molar refractivity (Wildman–Crippen MR) is 122 cm³/mol. The van der Waals surface area contributed by atoms with Crippen molar-refractivity contribution in [3.63, 3.8) is 0 Å². The van der Waals surface area contributed by atoms with E-state index in [0.29, 0.717) is 22.2 Å². The third kappa shape index (κ3) is 5.73. The quantitative estimate of drug-likeness (QED) is 0.408. The lowest BCUT2D eigenvalue weighted by Gasteiger charge is -2.23. The van der Waals surface area contributed by atoms with E-state index in [9.17, 15) is 19.4 Å². The number of hydrogen-bond acceptors (Lipinski definition) is 6. The highest BCUT2D eigenvalue weighted by atomic mass is 35.5. The van der Waals surface area contributed by atoms with Crippen molar-refractivity contribution < 1.29 is 19.4 Å². The van der Waals surface area contributed by atoms with E-state index in [1.54, 1.807) is 36.7 Å². The highest BCUT2D eigenvalue weighted by molar-refractivity contribution is 6.31. The number of aromatic nitrogens is 3. The van der Waals surface area contributed by atoms with E-state index in [1.807, 2.05) is 6.07 Å². The maximum atomic E-state index is 14.1. The Kier molecular flexibility index (Phi) is 6.73. The topological polar surface area (TPSA) is 112 Å². The van der Waals surface area contributed by atoms with Gasteiger partial charge in [-0.1, -0.05) is 11.6 Å². The van der Waals surface area contributed by atoms with E-state index >= 15 is 0 Å². The first-order valence-electron chi connectivity index (χ1n) is 10.1. The standard InChI is InChI=1S/C22H27ClFN5O3/c1-21(2,31)12-28-16-8-18(29-6-5-13-7-14(23)9-26-19(13)29)25-10-15(16)20(30)27-11-17(24)22(3,4)32/h5-10,17,31-32H,11-12H2,1-4H3,(H,25,28)(H,27,30). The summed E-state index contributed by atoms with van der Waals surface area (Å²) in [4.78, 5) is 21.5. The van der Waals surface area contributed by atoms with Crippen molar-refractivity contribution in [3.8, 4) is 5.82 Å². The fourth-order valence-corrected chi connectivity index (χ4v) is 3.09. The third-order valence-corrected chi connectivity index (χ3v) is 5.00. The second kappa shape index (κ2) is 9.01. The summed E-state index contributed by atoms with van der Waals surface area (Å²) in [5.74, 6) is -0.0686. The molecule has 0 radical (unpaired) electrons. The number of pyridine rings is 2. The molecule has 0 aliphatic carbocycles. The van der Waals surface area contributed by atoms with Gasteiger partial charge in [-0.2, -0.15) is 0 Å². The van der Waals surface area contributed by atoms with Crippen molar-refractivity contribution in [3.05, 3.63) is 47.4 Å². The Hall–Kier alpha value is -2.75. The summed E-state index contributed by atoms with van der Waals surface area (Å²) in [6, 6.07) is 5.28. The summed E-state index contributed by atoms with van der Waals surface area (Å²) in [7, 11) is 0. The van der Waals surface area contributed by atoms with Gasteiger partial charge in [-0.05, 0) is 39.8 Å². The number of fused-ring (bicyclic) bond motifs is 1. The van der Waals surface area contributed by atoms with Crippen molar-refractivity contribution in [1.82, 2.24) is 19.9 Å². The number of hydrogen-bond donors (Lipinski definition) is 4. The molecule has 1 atom stereocenters. The molecule has 172 valence electrons. The molecule has 3 aromatic rings. The fourth-order valence-electron chi connectivity index (χ4n) is 2.92. The van der Waals surface area contributed by atoms with E-state index < -0.39 is 23.3 Å². The minimum atomic E-state index is -1.64. The van der Waals surface area contributed by atoms with Crippen LogP contribution in [-0.4, -0.2) is 61.1 Å². The summed E-state index contributed by atoms with van der Waals surface area (Å²) < 4.78 is 15.8. The lowest BCUT2D eigenvalue weighted by molar-refractivity contribution is -0.00178. The number of rotatable bonds is 8. The van der Waals surface area contributed by atoms with Crippen molar-refractivity contribution in [2.45, 2.75) is 45.1 Å². The van der Waals surface area contributed by atoms with Gasteiger partial charge < -0.3 is 20.8 Å². The van der Waals surface area contributed by atoms with Gasteiger partial charge in [-0.25, -0.2) is 14.4 Å². The Morgan fingerprint density at radius 3 is 2.59 bits per heavy atom. The van der Waals surface area contributed by atoms with E-state index in [1.165, 1.54) is 26.2 Å². The molecule has 0 aliphatic rings. The van der Waals surface area contributed by atoms with E-state index in [0.717, 1.165) is 5.39 Å². The van der Waals surface area contributed by atoms with Crippen LogP contribution < -0.4 is 10.6 Å². The summed E-state index contributed by atoms with van der Waals surface area (Å²) >= 11 is 6.01. The van der Waals surface area contributed by atoms with Crippen molar-refractivity contribution in [2.24, 2.45) is 0 Å². The lowest BCUT2D eigenvalue weighted by atomic mass is 10.0. The summed E-state index contributed by atoms with van der Waals surface area (Å²) in [6.45, 7) is 5.73. The van der Waals surface area contributed by atoms with Crippen LogP contribution in [0.1, 0.15) is 38.1 Å². The summed E-state index contributed by atoms with van der Waals surface area (Å²) in [5.41, 5.74) is -1.40. The molecule has 0 saturated carbocycles. The van der Waals surface area contributed by atoms with Gasteiger partial charge >= 0.3 is 0 Å². The van der Waals surface area contributed by atoms with Crippen LogP contribution in [0.25, 0.3) is 16.9 Å². The normalized spacial score (nSPS) is 13.2. The molecule has 10 heteroatoms. The molecule has 0 aliphatic heterocycles. The molecule has 1 amide bonds. The van der Waals surface area contributed by atoms with Gasteiger partial charge in [0.2, 0.25) is 0 Å². The van der Waals surface area contributed by atoms with Crippen LogP contribution in [0.2, 0.25) is 5.02 Å². The van der Waals surface area contributed by atoms with Gasteiger partial charge in [-0.15, -0.1) is 0 Å². The van der Waals surface area contributed by atoms with Crippen molar-refractivity contribution in [2.75, 3.05) is 18.4 Å². The Bertz CT molecular complexity index is 1120. The van der Waals surface area contributed by atoms with E-state index in [-0.39, 0.29) is 18.7 Å². The first-order valence-corrected chi connectivity index (χ1v) is 10.5. The molecule has 8 nitrogen and oxygen atoms in total. The minimum absolute atomic E-state index is 0.159. The summed E-state index contributed by atoms with van der Waals surface area (Å²) in [5, 5.41) is 26.7. The SMILES string of the molecule is CC(C)(O)CNc1cc(-n2ccc3cc(Cl)cnc32)ncc1C(=O)NCC(F)C(C)(C)O. The molecule has 0 fully saturated rings. The number of nitrogens with zero attached hydrogens (tertiary/aromatic N) is 3. The van der Waals surface area contributed by atoms with Gasteiger partial charge in [0.15, 0.2) is 0 Å². The second-order valence-corrected chi connectivity index (χ2v) is 9.27. The van der Waals surface area contributed by atoms with Crippen LogP contribution in [0, 0.1) is 0 Å². The van der Waals surface area contributed by atoms with Crippen LogP contribution in [0.3, 0.4) is 0 Å². The average molecular weight is 464 g/mol. The number of aliphatic hydroxyl groups is 2. The van der Waals surface area contributed by atoms with E-state index in [2.05, 4.69) is 20.6 Å². The molecule has 1 unspecified atom stereocenters. The molecule has 3 heterocycles. The Labute approximate surface area is 190 Å². The molecule has 32 heavy (non-hydrogen) atoms. The first kappa shape index (κ1) is 23.9. The fraction of sp³-hybridized carbons (Fsp3) is 0.409. The molecular weight excluding hydrogens is 437 g/mol. The zero-order valence-corrected chi connectivity index (χ0v) is 19.1. The minimum Gasteiger partial charge on any atom is -0.389 e. The number of nitrogens with one attached hydrogen (secondary N) is 2. The molecule has 3 rings (SSSR count). The average Bonchev–Trinajstić information content (AvgIpc) is 3.11. The van der Waals surface area contributed by atoms with Crippen molar-refractivity contribution in [1.29, 1.82) is 0 Å². The van der Waals surface area contributed by atoms with Crippen LogP contribution in [0.5, 0.6) is 0 Å². The van der Waals surface area contributed by atoms with Crippen LogP contribution >= 0.6 is 11.6 Å². The molecule has 0 saturated heterocycles. The molecular formula is C22H27ClFN5O3. The molecule has 0 aromatic carbocycles. The molecule has 3 aromatic heterocycles. The largest absolute Gasteiger partial charge is 0.389 e. The Morgan fingerprint density at radius 1 is 1.22 bits per heavy atom. The maximum absolute atomic E-state index is 14.1. The number of anilines is 1. The summed E-state index contributed by atoms with van der Waals surface area (Å²) in [6.07, 6.45) is 3.05. The van der Waals surface area contributed by atoms with E-state index in [4.69, 9.17) is 11.6 Å². The third-order valence-electron chi connectivity index (χ3n) is 4.79. The maximum Gasteiger partial charge on any atom is 0.255 e. The number of halogens is 2. The van der Waals surface area contributed by atoms with Crippen molar-refractivity contribution >= 4 is 34.2 Å². The molecule has 0 bridgehead atoms. The Morgan fingerprint density at radius 2 is 1.94 bits per heavy atom. The highest BCUT2D eigenvalue weighted by Gasteiger charge is 2.27. The highest BCUT2D eigenvalue weighted by Crippen LogP contribution is 2.24. The molecule has 4 N–H and O–H groups in total. The zero-order chi connectivity index (χ0) is 23.7. The number of alkyl halides is 1. The van der Waals surface area contributed by atoms with Crippen LogP contribution in [0.15, 0.2) is 36.8 Å². The number of carbonyl (C=O) groups excluding carboxylic acids is 1. The smallest absolute Gasteiger partial charge is 0.255 e. The van der Waals surface area contributed by atoms with Crippen LogP contribution in [-0.2, 0) is 0 Å². The van der Waals surface area contributed by atoms with Gasteiger partial charge in [0, 0.05) is 36.6 Å². The van der Waals surface area contributed by atoms with Gasteiger partial charge in [0.25, 0.3) is 5.91 Å². The number of carbonyl (C=O) groups is 1. The monoisotopic (exact) mass is 463 g/mol. The van der Waals surface area contributed by atoms with Gasteiger partial charge in [-0.3, -0.25) is 9.36 Å². The van der Waals surface area contributed by atoms with Gasteiger partial charge in [0.1, 0.15) is 17.6 Å². The van der Waals surface area contributed by atoms with Gasteiger partial charge in [0.05, 0.1) is 34.0 Å².